The minimum atomic E-state index is -0.466. The molecule has 3 heterocycles. The first kappa shape index (κ1) is 16.9. The number of hydrogen-bond donors (Lipinski definition) is 1. The zero-order valence-electron chi connectivity index (χ0n) is 15.8. The number of ether oxygens (including phenoxy) is 1. The van der Waals surface area contributed by atoms with E-state index in [9.17, 15) is 9.59 Å². The molecule has 5 rings (SSSR count). The van der Waals surface area contributed by atoms with Gasteiger partial charge in [0.05, 0.1) is 7.11 Å². The average molecular weight is 375 g/mol. The fourth-order valence-corrected chi connectivity index (χ4v) is 4.55. The molecule has 3 aromatic rings. The Morgan fingerprint density at radius 3 is 2.57 bits per heavy atom. The number of urea groups is 1. The fourth-order valence-electron chi connectivity index (χ4n) is 4.55. The van der Waals surface area contributed by atoms with E-state index in [0.29, 0.717) is 13.0 Å². The number of amides is 3. The fraction of sp³-hybridized carbons (Fsp3) is 0.273. The summed E-state index contributed by atoms with van der Waals surface area (Å²) in [5, 5.41) is 1.12. The number of fused-ring (bicyclic) bond motifs is 4. The molecule has 1 N–H and O–H groups in total. The Morgan fingerprint density at radius 1 is 1.11 bits per heavy atom. The molecule has 142 valence electrons. The number of H-pyrrole nitrogens is 1. The van der Waals surface area contributed by atoms with E-state index in [1.807, 2.05) is 49.4 Å². The van der Waals surface area contributed by atoms with Crippen LogP contribution in [0.25, 0.3) is 10.9 Å². The van der Waals surface area contributed by atoms with Crippen LogP contribution in [-0.4, -0.2) is 46.4 Å². The van der Waals surface area contributed by atoms with Gasteiger partial charge in [-0.15, -0.1) is 0 Å². The maximum atomic E-state index is 13.1. The summed E-state index contributed by atoms with van der Waals surface area (Å²) >= 11 is 0. The quantitative estimate of drug-likeness (QED) is 0.713. The third kappa shape index (κ3) is 2.21. The van der Waals surface area contributed by atoms with Crippen LogP contribution in [0.15, 0.2) is 48.5 Å². The highest BCUT2D eigenvalue weighted by molar-refractivity contribution is 6.05. The highest BCUT2D eigenvalue weighted by Crippen LogP contribution is 2.44. The topological polar surface area (TPSA) is 65.6 Å². The van der Waals surface area contributed by atoms with E-state index < -0.39 is 6.04 Å². The molecule has 0 saturated carbocycles. The van der Waals surface area contributed by atoms with Crippen molar-refractivity contribution >= 4 is 22.8 Å². The van der Waals surface area contributed by atoms with Gasteiger partial charge in [0.1, 0.15) is 17.8 Å². The Hall–Kier alpha value is -3.28. The van der Waals surface area contributed by atoms with Gasteiger partial charge in [-0.05, 0) is 36.2 Å². The Labute approximate surface area is 162 Å². The van der Waals surface area contributed by atoms with Gasteiger partial charge in [-0.1, -0.05) is 30.3 Å². The van der Waals surface area contributed by atoms with Gasteiger partial charge in [0.2, 0.25) is 0 Å². The molecule has 2 aliphatic rings. The minimum Gasteiger partial charge on any atom is -0.497 e. The second kappa shape index (κ2) is 6.12. The second-order valence-corrected chi connectivity index (χ2v) is 7.23. The van der Waals surface area contributed by atoms with Crippen LogP contribution in [0.2, 0.25) is 0 Å². The van der Waals surface area contributed by atoms with Crippen molar-refractivity contribution in [3.05, 3.63) is 65.4 Å². The normalized spacial score (nSPS) is 21.2. The third-order valence-electron chi connectivity index (χ3n) is 5.88. The summed E-state index contributed by atoms with van der Waals surface area (Å²) < 4.78 is 5.28. The summed E-state index contributed by atoms with van der Waals surface area (Å²) in [5.74, 6) is 0.647. The van der Waals surface area contributed by atoms with E-state index in [0.717, 1.165) is 33.5 Å². The molecule has 1 saturated heterocycles. The summed E-state index contributed by atoms with van der Waals surface area (Å²) in [6.07, 6.45) is 0.535. The van der Waals surface area contributed by atoms with E-state index in [1.165, 1.54) is 4.90 Å². The number of carbonyl (C=O) groups is 2. The van der Waals surface area contributed by atoms with E-state index >= 15 is 0 Å². The molecule has 0 unspecified atom stereocenters. The van der Waals surface area contributed by atoms with Crippen LogP contribution in [0.5, 0.6) is 5.75 Å². The zero-order valence-corrected chi connectivity index (χ0v) is 15.8. The Kier molecular flexibility index (Phi) is 3.69. The summed E-state index contributed by atoms with van der Waals surface area (Å²) in [4.78, 5) is 32.7. The standard InChI is InChI=1S/C22H21N3O3/c1-3-24-21(26)18-12-16-15-6-4-5-7-17(15)23-19(16)20(25(18)22(24)27)13-8-10-14(28-2)11-9-13/h4-11,18,20,23H,3,12H2,1-2H3/t18-,20-/m1/s1. The molecular weight excluding hydrogens is 354 g/mol. The van der Waals surface area contributed by atoms with Crippen molar-refractivity contribution in [2.75, 3.05) is 13.7 Å². The van der Waals surface area contributed by atoms with Crippen LogP contribution < -0.4 is 4.74 Å². The van der Waals surface area contributed by atoms with Gasteiger partial charge >= 0.3 is 6.03 Å². The third-order valence-corrected chi connectivity index (χ3v) is 5.88. The number of aromatic amines is 1. The van der Waals surface area contributed by atoms with Crippen molar-refractivity contribution < 1.29 is 14.3 Å². The van der Waals surface area contributed by atoms with E-state index in [-0.39, 0.29) is 18.0 Å². The number of benzene rings is 2. The highest BCUT2D eigenvalue weighted by atomic mass is 16.5. The van der Waals surface area contributed by atoms with Crippen molar-refractivity contribution in [1.29, 1.82) is 0 Å². The Morgan fingerprint density at radius 2 is 1.86 bits per heavy atom. The molecule has 0 spiro atoms. The van der Waals surface area contributed by atoms with E-state index in [1.54, 1.807) is 12.0 Å². The van der Waals surface area contributed by atoms with Gasteiger partial charge in [0.15, 0.2) is 0 Å². The maximum absolute atomic E-state index is 13.1. The molecule has 6 heteroatoms. The monoisotopic (exact) mass is 375 g/mol. The molecule has 2 atom stereocenters. The van der Waals surface area contributed by atoms with Crippen molar-refractivity contribution in [3.8, 4) is 5.75 Å². The molecule has 2 aliphatic heterocycles. The summed E-state index contributed by atoms with van der Waals surface area (Å²) in [6.45, 7) is 2.22. The van der Waals surface area contributed by atoms with E-state index in [4.69, 9.17) is 4.74 Å². The lowest BCUT2D eigenvalue weighted by molar-refractivity contribution is -0.128. The SMILES string of the molecule is CCN1C(=O)[C@H]2Cc3c([nH]c4ccccc34)[C@@H](c3ccc(OC)cc3)N2C1=O. The molecule has 3 amide bonds. The van der Waals surface area contributed by atoms with Crippen molar-refractivity contribution in [1.82, 2.24) is 14.8 Å². The molecule has 2 aromatic carbocycles. The first-order chi connectivity index (χ1) is 13.6. The van der Waals surface area contributed by atoms with Gasteiger partial charge in [-0.2, -0.15) is 0 Å². The summed E-state index contributed by atoms with van der Waals surface area (Å²) in [6, 6.07) is 14.8. The number of hydrogen-bond acceptors (Lipinski definition) is 3. The zero-order chi connectivity index (χ0) is 19.4. The largest absolute Gasteiger partial charge is 0.497 e. The van der Waals surface area contributed by atoms with Crippen LogP contribution >= 0.6 is 0 Å². The van der Waals surface area contributed by atoms with Crippen LogP contribution in [0.4, 0.5) is 4.79 Å². The first-order valence-corrected chi connectivity index (χ1v) is 9.51. The van der Waals surface area contributed by atoms with Crippen LogP contribution in [0.1, 0.15) is 29.8 Å². The number of aromatic nitrogens is 1. The number of methoxy groups -OCH3 is 1. The lowest BCUT2D eigenvalue weighted by Crippen LogP contribution is -2.44. The van der Waals surface area contributed by atoms with Crippen LogP contribution in [-0.2, 0) is 11.2 Å². The van der Waals surface area contributed by atoms with Gasteiger partial charge in [-0.25, -0.2) is 4.79 Å². The number of likely N-dealkylation sites (N-methyl/N-ethyl adjacent to an activating group) is 1. The predicted molar refractivity (Wildman–Crippen MR) is 105 cm³/mol. The number of nitrogens with one attached hydrogen (secondary N) is 1. The molecular formula is C22H21N3O3. The van der Waals surface area contributed by atoms with Crippen molar-refractivity contribution in [3.63, 3.8) is 0 Å². The lowest BCUT2D eigenvalue weighted by Gasteiger charge is -2.36. The summed E-state index contributed by atoms with van der Waals surface area (Å²) in [5.41, 5.74) is 4.09. The molecule has 0 radical (unpaired) electrons. The number of carbonyl (C=O) groups excluding carboxylic acids is 2. The minimum absolute atomic E-state index is 0.109. The van der Waals surface area contributed by atoms with Crippen LogP contribution in [0.3, 0.4) is 0 Å². The van der Waals surface area contributed by atoms with Crippen LogP contribution in [0, 0.1) is 0 Å². The van der Waals surface area contributed by atoms with Gasteiger partial charge in [-0.3, -0.25) is 14.6 Å². The average Bonchev–Trinajstić information content (AvgIpc) is 3.21. The Bertz CT molecular complexity index is 1090. The van der Waals surface area contributed by atoms with Crippen molar-refractivity contribution in [2.45, 2.75) is 25.4 Å². The molecule has 1 fully saturated rings. The van der Waals surface area contributed by atoms with Gasteiger partial charge < -0.3 is 9.72 Å². The first-order valence-electron chi connectivity index (χ1n) is 9.51. The molecule has 0 bridgehead atoms. The highest BCUT2D eigenvalue weighted by Gasteiger charge is 2.51. The number of rotatable bonds is 3. The molecule has 0 aliphatic carbocycles. The summed E-state index contributed by atoms with van der Waals surface area (Å²) in [7, 11) is 1.63. The number of para-hydroxylation sites is 1. The van der Waals surface area contributed by atoms with Gasteiger partial charge in [0.25, 0.3) is 5.91 Å². The van der Waals surface area contributed by atoms with E-state index in [2.05, 4.69) is 11.1 Å². The van der Waals surface area contributed by atoms with Gasteiger partial charge in [0, 0.05) is 29.6 Å². The molecule has 1 aromatic heterocycles. The number of imide groups is 1. The second-order valence-electron chi connectivity index (χ2n) is 7.23. The maximum Gasteiger partial charge on any atom is 0.328 e. The lowest BCUT2D eigenvalue weighted by atomic mass is 9.89. The predicted octanol–water partition coefficient (Wildman–Crippen LogP) is 3.47. The Balaban J connectivity index is 1.73. The smallest absolute Gasteiger partial charge is 0.328 e. The van der Waals surface area contributed by atoms with Crippen molar-refractivity contribution in [2.24, 2.45) is 0 Å². The number of nitrogens with zero attached hydrogens (tertiary/aromatic N) is 2. The molecule has 28 heavy (non-hydrogen) atoms. The molecule has 6 nitrogen and oxygen atoms in total.